The molecule has 0 saturated heterocycles. The van der Waals surface area contributed by atoms with E-state index in [0.717, 1.165) is 29.3 Å². The summed E-state index contributed by atoms with van der Waals surface area (Å²) in [7, 11) is 0. The van der Waals surface area contributed by atoms with Crippen molar-refractivity contribution < 1.29 is 14.2 Å². The molecule has 0 unspecified atom stereocenters. The average Bonchev–Trinajstić information content (AvgIpc) is 2.65. The monoisotopic (exact) mass is 382 g/mol. The van der Waals surface area contributed by atoms with Gasteiger partial charge in [-0.2, -0.15) is 0 Å². The van der Waals surface area contributed by atoms with E-state index in [-0.39, 0.29) is 18.0 Å². The molecule has 6 nitrogen and oxygen atoms in total. The van der Waals surface area contributed by atoms with Gasteiger partial charge in [0.1, 0.15) is 23.7 Å². The predicted octanol–water partition coefficient (Wildman–Crippen LogP) is 4.09. The lowest BCUT2D eigenvalue weighted by Gasteiger charge is -2.27. The van der Waals surface area contributed by atoms with Crippen molar-refractivity contribution in [2.24, 2.45) is 0 Å². The van der Waals surface area contributed by atoms with E-state index in [2.05, 4.69) is 15.3 Å². The number of nitrogens with one attached hydrogen (secondary N) is 1. The number of ether oxygens (including phenoxy) is 1. The summed E-state index contributed by atoms with van der Waals surface area (Å²) >= 11 is 0. The number of aliphatic hydroxyl groups is 1. The number of hydrogen-bond acceptors (Lipinski definition) is 6. The zero-order chi connectivity index (χ0) is 19.7. The minimum absolute atomic E-state index is 0.0468. The fourth-order valence-corrected chi connectivity index (χ4v) is 3.68. The van der Waals surface area contributed by atoms with Crippen LogP contribution in [0.15, 0.2) is 36.7 Å². The molecule has 7 heteroatoms. The van der Waals surface area contributed by atoms with Gasteiger partial charge in [-0.25, -0.2) is 14.4 Å². The van der Waals surface area contributed by atoms with Gasteiger partial charge in [-0.3, -0.25) is 0 Å². The Hall–Kier alpha value is -2.93. The lowest BCUT2D eigenvalue weighted by molar-refractivity contribution is 0.0668. The van der Waals surface area contributed by atoms with Crippen LogP contribution in [0.4, 0.5) is 21.6 Å². The van der Waals surface area contributed by atoms with Crippen molar-refractivity contribution in [2.45, 2.75) is 44.8 Å². The molecular weight excluding hydrogens is 359 g/mol. The first-order chi connectivity index (χ1) is 13.5. The highest BCUT2D eigenvalue weighted by atomic mass is 19.1. The molecule has 4 rings (SSSR count). The van der Waals surface area contributed by atoms with Crippen LogP contribution in [0.3, 0.4) is 0 Å². The highest BCUT2D eigenvalue weighted by Crippen LogP contribution is 2.34. The summed E-state index contributed by atoms with van der Waals surface area (Å²) in [6.07, 6.45) is 4.02. The van der Waals surface area contributed by atoms with Crippen LogP contribution in [0.2, 0.25) is 0 Å². The van der Waals surface area contributed by atoms with Crippen LogP contribution in [0.5, 0.6) is 5.75 Å². The van der Waals surface area contributed by atoms with Crippen LogP contribution in [0.25, 0.3) is 10.9 Å². The number of anilines is 3. The molecule has 2 aromatic carbocycles. The minimum Gasteiger partial charge on any atom is -0.488 e. The van der Waals surface area contributed by atoms with Crippen molar-refractivity contribution in [1.29, 1.82) is 0 Å². The number of nitrogens with two attached hydrogens (primary N) is 1. The van der Waals surface area contributed by atoms with Crippen LogP contribution in [-0.2, 0) is 0 Å². The average molecular weight is 382 g/mol. The van der Waals surface area contributed by atoms with Crippen molar-refractivity contribution in [2.75, 3.05) is 11.1 Å². The standard InChI is InChI=1S/C21H23FN4O2/c1-12-8-14(23)10-18-20(12)21(25-11-24-18)26-17-7-2-13(22)9-19(17)28-16-5-3-15(27)4-6-16/h2,7-11,15-16,27H,3-6,23H2,1H3,(H,24,25,26). The second kappa shape index (κ2) is 7.59. The maximum atomic E-state index is 13.9. The molecule has 1 aromatic heterocycles. The minimum atomic E-state index is -0.368. The number of benzene rings is 2. The Balaban J connectivity index is 1.66. The van der Waals surface area contributed by atoms with Crippen molar-refractivity contribution >= 4 is 28.1 Å². The molecule has 4 N–H and O–H groups in total. The number of nitrogen functional groups attached to an aromatic ring is 1. The summed E-state index contributed by atoms with van der Waals surface area (Å²) in [6.45, 7) is 1.95. The molecule has 1 aliphatic carbocycles. The topological polar surface area (TPSA) is 93.3 Å². The first-order valence-corrected chi connectivity index (χ1v) is 9.42. The molecule has 0 bridgehead atoms. The Morgan fingerprint density at radius 1 is 1.14 bits per heavy atom. The highest BCUT2D eigenvalue weighted by Gasteiger charge is 2.22. The summed E-state index contributed by atoms with van der Waals surface area (Å²) in [5, 5.41) is 13.8. The normalized spacial score (nSPS) is 19.5. The molecule has 0 radical (unpaired) electrons. The molecule has 0 aliphatic heterocycles. The quantitative estimate of drug-likeness (QED) is 0.589. The number of aromatic nitrogens is 2. The van der Waals surface area contributed by atoms with Gasteiger partial charge in [0.05, 0.1) is 23.4 Å². The molecular formula is C21H23FN4O2. The number of nitrogens with zero attached hydrogens (tertiary/aromatic N) is 2. The van der Waals surface area contributed by atoms with Crippen LogP contribution in [-0.4, -0.2) is 27.3 Å². The van der Waals surface area contributed by atoms with Gasteiger partial charge in [-0.15, -0.1) is 0 Å². The van der Waals surface area contributed by atoms with E-state index in [1.54, 1.807) is 12.1 Å². The van der Waals surface area contributed by atoms with E-state index in [4.69, 9.17) is 10.5 Å². The Bertz CT molecular complexity index is 1000. The molecule has 28 heavy (non-hydrogen) atoms. The third-order valence-corrected chi connectivity index (χ3v) is 5.09. The number of aliphatic hydroxyl groups excluding tert-OH is 1. The molecule has 146 valence electrons. The van der Waals surface area contributed by atoms with E-state index >= 15 is 0 Å². The number of aryl methyl sites for hydroxylation is 1. The summed E-state index contributed by atoms with van der Waals surface area (Å²) in [6, 6.07) is 8.06. The predicted molar refractivity (Wildman–Crippen MR) is 107 cm³/mol. The lowest BCUT2D eigenvalue weighted by atomic mass is 9.95. The van der Waals surface area contributed by atoms with E-state index in [1.165, 1.54) is 18.5 Å². The summed E-state index contributed by atoms with van der Waals surface area (Å²) in [5.41, 5.74) is 8.87. The van der Waals surface area contributed by atoms with Gasteiger partial charge < -0.3 is 20.9 Å². The molecule has 1 saturated carbocycles. The molecule has 1 fully saturated rings. The highest BCUT2D eigenvalue weighted by molar-refractivity contribution is 5.95. The first kappa shape index (κ1) is 18.4. The van der Waals surface area contributed by atoms with E-state index in [1.807, 2.05) is 13.0 Å². The van der Waals surface area contributed by atoms with Crippen molar-refractivity contribution in [1.82, 2.24) is 9.97 Å². The third-order valence-electron chi connectivity index (χ3n) is 5.09. The molecule has 0 atom stereocenters. The molecule has 0 spiro atoms. The summed E-state index contributed by atoms with van der Waals surface area (Å²) in [5.74, 6) is 0.673. The fraction of sp³-hybridized carbons (Fsp3) is 0.333. The Morgan fingerprint density at radius 3 is 2.71 bits per heavy atom. The maximum absolute atomic E-state index is 13.9. The van der Waals surface area contributed by atoms with Gasteiger partial charge >= 0.3 is 0 Å². The second-order valence-corrected chi connectivity index (χ2v) is 7.27. The Kier molecular flexibility index (Phi) is 5.00. The summed E-state index contributed by atoms with van der Waals surface area (Å²) < 4.78 is 19.9. The Labute approximate surface area is 162 Å². The van der Waals surface area contributed by atoms with Gasteiger partial charge in [-0.1, -0.05) is 0 Å². The van der Waals surface area contributed by atoms with Gasteiger partial charge in [0.15, 0.2) is 0 Å². The van der Waals surface area contributed by atoms with Crippen LogP contribution < -0.4 is 15.8 Å². The lowest BCUT2D eigenvalue weighted by Crippen LogP contribution is -2.26. The van der Waals surface area contributed by atoms with Crippen LogP contribution in [0.1, 0.15) is 31.2 Å². The third kappa shape index (κ3) is 3.84. The van der Waals surface area contributed by atoms with Gasteiger partial charge in [0.2, 0.25) is 0 Å². The largest absolute Gasteiger partial charge is 0.488 e. The van der Waals surface area contributed by atoms with E-state index in [0.29, 0.717) is 35.8 Å². The smallest absolute Gasteiger partial charge is 0.146 e. The molecule has 1 aliphatic rings. The zero-order valence-corrected chi connectivity index (χ0v) is 15.7. The molecule has 1 heterocycles. The molecule has 0 amide bonds. The number of halogens is 1. The molecule has 3 aromatic rings. The van der Waals surface area contributed by atoms with E-state index < -0.39 is 0 Å². The van der Waals surface area contributed by atoms with Gasteiger partial charge in [0, 0.05) is 17.1 Å². The van der Waals surface area contributed by atoms with Gasteiger partial charge in [-0.05, 0) is 62.4 Å². The summed E-state index contributed by atoms with van der Waals surface area (Å²) in [4.78, 5) is 8.66. The fourth-order valence-electron chi connectivity index (χ4n) is 3.68. The zero-order valence-electron chi connectivity index (χ0n) is 15.7. The second-order valence-electron chi connectivity index (χ2n) is 7.27. The van der Waals surface area contributed by atoms with Crippen LogP contribution in [0, 0.1) is 12.7 Å². The van der Waals surface area contributed by atoms with Crippen LogP contribution >= 0.6 is 0 Å². The van der Waals surface area contributed by atoms with E-state index in [9.17, 15) is 9.50 Å². The first-order valence-electron chi connectivity index (χ1n) is 9.42. The number of rotatable bonds is 4. The Morgan fingerprint density at radius 2 is 1.93 bits per heavy atom. The van der Waals surface area contributed by atoms with Gasteiger partial charge in [0.25, 0.3) is 0 Å². The van der Waals surface area contributed by atoms with Crippen molar-refractivity contribution in [3.05, 3.63) is 48.0 Å². The number of hydrogen-bond donors (Lipinski definition) is 3. The maximum Gasteiger partial charge on any atom is 0.146 e. The van der Waals surface area contributed by atoms with Crippen molar-refractivity contribution in [3.8, 4) is 5.75 Å². The SMILES string of the molecule is Cc1cc(N)cc2ncnc(Nc3ccc(F)cc3OC3CCC(O)CC3)c12. The number of fused-ring (bicyclic) bond motifs is 1. The van der Waals surface area contributed by atoms with Crippen molar-refractivity contribution in [3.63, 3.8) is 0 Å².